The van der Waals surface area contributed by atoms with Crippen LogP contribution >= 0.6 is 11.6 Å². The molecular formula is C21H17ClN8O2S. The molecule has 1 fully saturated rings. The Morgan fingerprint density at radius 3 is 2.82 bits per heavy atom. The van der Waals surface area contributed by atoms with E-state index in [1.54, 1.807) is 43.0 Å². The Morgan fingerprint density at radius 1 is 1.21 bits per heavy atom. The Balaban J connectivity index is 1.57. The van der Waals surface area contributed by atoms with Crippen molar-refractivity contribution in [3.63, 3.8) is 0 Å². The van der Waals surface area contributed by atoms with Crippen LogP contribution in [0.2, 0.25) is 5.02 Å². The minimum Gasteiger partial charge on any atom is -0.345 e. The highest BCUT2D eigenvalue weighted by Gasteiger charge is 2.37. The van der Waals surface area contributed by atoms with Gasteiger partial charge in [0.2, 0.25) is 0 Å². The van der Waals surface area contributed by atoms with Gasteiger partial charge in [-0.15, -0.1) is 0 Å². The summed E-state index contributed by atoms with van der Waals surface area (Å²) in [5.74, 6) is 1.63. The number of fused-ring (bicyclic) bond motifs is 2. The molecule has 0 aromatic carbocycles. The van der Waals surface area contributed by atoms with Crippen LogP contribution in [0.1, 0.15) is 18.3 Å². The number of H-pyrrole nitrogens is 1. The summed E-state index contributed by atoms with van der Waals surface area (Å²) in [6, 6.07) is 6.76. The topological polar surface area (TPSA) is 114 Å². The van der Waals surface area contributed by atoms with E-state index < -0.39 is 10.8 Å². The van der Waals surface area contributed by atoms with Crippen LogP contribution in [0.3, 0.4) is 0 Å². The molecule has 0 saturated carbocycles. The number of aromatic amines is 1. The third-order valence-electron chi connectivity index (χ3n) is 5.85. The largest absolute Gasteiger partial charge is 0.345 e. The highest BCUT2D eigenvalue weighted by atomic mass is 35.5. The third kappa shape index (κ3) is 3.00. The van der Waals surface area contributed by atoms with E-state index in [9.17, 15) is 9.00 Å². The first-order chi connectivity index (χ1) is 16.0. The second-order valence-corrected chi connectivity index (χ2v) is 9.42. The predicted molar refractivity (Wildman–Crippen MR) is 125 cm³/mol. The molecule has 6 heterocycles. The lowest BCUT2D eigenvalue weighted by molar-refractivity contribution is 0.423. The summed E-state index contributed by atoms with van der Waals surface area (Å²) in [4.78, 5) is 32.5. The van der Waals surface area contributed by atoms with E-state index in [0.717, 1.165) is 6.42 Å². The van der Waals surface area contributed by atoms with E-state index >= 15 is 0 Å². The van der Waals surface area contributed by atoms with E-state index in [2.05, 4.69) is 19.9 Å². The van der Waals surface area contributed by atoms with Gasteiger partial charge in [-0.2, -0.15) is 5.10 Å². The molecule has 0 bridgehead atoms. The quantitative estimate of drug-likeness (QED) is 0.420. The van der Waals surface area contributed by atoms with Gasteiger partial charge in [0.15, 0.2) is 5.82 Å². The average molecular weight is 481 g/mol. The highest BCUT2D eigenvalue weighted by molar-refractivity contribution is 7.84. The monoisotopic (exact) mass is 480 g/mol. The van der Waals surface area contributed by atoms with E-state index in [-0.39, 0.29) is 17.1 Å². The fraction of sp³-hybridized carbons (Fsp3) is 0.190. The van der Waals surface area contributed by atoms with Gasteiger partial charge in [-0.3, -0.25) is 9.00 Å². The van der Waals surface area contributed by atoms with Gasteiger partial charge in [0.05, 0.1) is 32.1 Å². The summed E-state index contributed by atoms with van der Waals surface area (Å²) >= 11 is 6.29. The van der Waals surface area contributed by atoms with Crippen molar-refractivity contribution >= 4 is 44.8 Å². The van der Waals surface area contributed by atoms with Crippen LogP contribution in [0, 0.1) is 0 Å². The van der Waals surface area contributed by atoms with Crippen molar-refractivity contribution in [2.24, 2.45) is 0 Å². The van der Waals surface area contributed by atoms with Crippen molar-refractivity contribution in [1.82, 2.24) is 34.1 Å². The molecule has 5 aromatic heterocycles. The molecule has 0 amide bonds. The molecule has 1 aliphatic rings. The van der Waals surface area contributed by atoms with Crippen LogP contribution in [-0.4, -0.2) is 51.1 Å². The van der Waals surface area contributed by atoms with Crippen LogP contribution in [0.4, 0.5) is 5.82 Å². The summed E-state index contributed by atoms with van der Waals surface area (Å²) in [6.07, 6.45) is 8.84. The highest BCUT2D eigenvalue weighted by Crippen LogP contribution is 2.40. The fourth-order valence-electron chi connectivity index (χ4n) is 4.24. The zero-order chi connectivity index (χ0) is 22.7. The van der Waals surface area contributed by atoms with Gasteiger partial charge in [-0.05, 0) is 24.6 Å². The van der Waals surface area contributed by atoms with Crippen LogP contribution < -0.4 is 10.5 Å². The number of hydrogen-bond donors (Lipinski definition) is 1. The van der Waals surface area contributed by atoms with Crippen LogP contribution in [-0.2, 0) is 10.8 Å². The first-order valence-corrected chi connectivity index (χ1v) is 12.1. The number of hydrogen-bond acceptors (Lipinski definition) is 7. The van der Waals surface area contributed by atoms with Crippen LogP contribution in [0.15, 0.2) is 58.9 Å². The molecule has 1 N–H and O–H groups in total. The minimum absolute atomic E-state index is 0.253. The molecule has 1 aliphatic heterocycles. The van der Waals surface area contributed by atoms with Gasteiger partial charge in [0, 0.05) is 31.4 Å². The van der Waals surface area contributed by atoms with E-state index in [1.165, 1.54) is 15.4 Å². The number of anilines is 1. The number of rotatable bonds is 4. The molecule has 10 nitrogen and oxygen atoms in total. The second-order valence-electron chi connectivity index (χ2n) is 7.67. The second kappa shape index (κ2) is 7.49. The molecule has 6 rings (SSSR count). The van der Waals surface area contributed by atoms with Crippen molar-refractivity contribution in [3.05, 3.63) is 70.4 Å². The summed E-state index contributed by atoms with van der Waals surface area (Å²) in [5, 5.41) is 5.79. The van der Waals surface area contributed by atoms with Crippen molar-refractivity contribution in [2.45, 2.75) is 17.4 Å². The predicted octanol–water partition coefficient (Wildman–Crippen LogP) is 2.49. The lowest BCUT2D eigenvalue weighted by Gasteiger charge is -2.42. The Labute approximate surface area is 194 Å². The summed E-state index contributed by atoms with van der Waals surface area (Å²) in [6.45, 7) is 0.695. The van der Waals surface area contributed by atoms with Gasteiger partial charge in [0.25, 0.3) is 5.56 Å². The SMILES string of the molecule is C[S@](=O)c1c[nH]c2ncnc(N3CC[C@H]3c3nn4ccc(Cl)c4c(=O)n3-c3ccccn3)c12. The number of aromatic nitrogens is 7. The maximum atomic E-state index is 13.5. The number of nitrogens with one attached hydrogen (secondary N) is 1. The van der Waals surface area contributed by atoms with Gasteiger partial charge in [-0.25, -0.2) is 24.0 Å². The molecule has 0 radical (unpaired) electrons. The summed E-state index contributed by atoms with van der Waals surface area (Å²) in [7, 11) is -1.22. The first kappa shape index (κ1) is 20.1. The maximum absolute atomic E-state index is 13.5. The van der Waals surface area contributed by atoms with Crippen molar-refractivity contribution < 1.29 is 4.21 Å². The fourth-order valence-corrected chi connectivity index (χ4v) is 5.17. The number of halogens is 1. The van der Waals surface area contributed by atoms with Gasteiger partial charge < -0.3 is 9.88 Å². The zero-order valence-electron chi connectivity index (χ0n) is 17.3. The van der Waals surface area contributed by atoms with E-state index in [0.29, 0.717) is 45.0 Å². The number of nitrogens with zero attached hydrogens (tertiary/aromatic N) is 7. The standard InChI is InChI=1S/C21H17ClN8O2S/c1-33(32)14-10-24-18-16(14)20(26-11-25-18)28-8-6-13(28)19-27-29-9-5-12(22)17(29)21(31)30(19)15-4-2-3-7-23-15/h2-5,7,9-11,13H,6,8H2,1H3,(H,24,25,26)/t13-,33-/m0/s1. The minimum atomic E-state index is -1.22. The van der Waals surface area contributed by atoms with Crippen LogP contribution in [0.5, 0.6) is 0 Å². The molecule has 12 heteroatoms. The molecule has 0 unspecified atom stereocenters. The normalized spacial score (nSPS) is 16.9. The molecule has 33 heavy (non-hydrogen) atoms. The van der Waals surface area contributed by atoms with Crippen molar-refractivity contribution in [1.29, 1.82) is 0 Å². The lowest BCUT2D eigenvalue weighted by Crippen LogP contribution is -2.45. The Morgan fingerprint density at radius 2 is 2.09 bits per heavy atom. The van der Waals surface area contributed by atoms with Crippen molar-refractivity contribution in [2.75, 3.05) is 17.7 Å². The molecule has 0 spiro atoms. The summed E-state index contributed by atoms with van der Waals surface area (Å²) in [5.41, 5.74) is 0.597. The van der Waals surface area contributed by atoms with Gasteiger partial charge in [0.1, 0.15) is 29.1 Å². The molecule has 166 valence electrons. The molecule has 0 aliphatic carbocycles. The smallest absolute Gasteiger partial charge is 0.285 e. The molecular weight excluding hydrogens is 464 g/mol. The number of pyridine rings is 1. The molecule has 2 atom stereocenters. The Bertz CT molecular complexity index is 1610. The first-order valence-electron chi connectivity index (χ1n) is 10.2. The van der Waals surface area contributed by atoms with E-state index in [4.69, 9.17) is 16.7 Å². The zero-order valence-corrected chi connectivity index (χ0v) is 18.9. The Hall–Kier alpha value is -3.57. The van der Waals surface area contributed by atoms with Crippen LogP contribution in [0.25, 0.3) is 22.4 Å². The average Bonchev–Trinajstić information content (AvgIpc) is 3.38. The lowest BCUT2D eigenvalue weighted by atomic mass is 10.0. The maximum Gasteiger partial charge on any atom is 0.285 e. The van der Waals surface area contributed by atoms with Gasteiger partial charge in [-0.1, -0.05) is 17.7 Å². The molecule has 1 saturated heterocycles. The van der Waals surface area contributed by atoms with Gasteiger partial charge >= 0.3 is 0 Å². The third-order valence-corrected chi connectivity index (χ3v) is 7.10. The summed E-state index contributed by atoms with van der Waals surface area (Å²) < 4.78 is 15.3. The molecule has 5 aromatic rings. The van der Waals surface area contributed by atoms with E-state index in [1.807, 2.05) is 11.0 Å². The Kier molecular flexibility index (Phi) is 4.56. The van der Waals surface area contributed by atoms with Crippen molar-refractivity contribution in [3.8, 4) is 5.82 Å².